The molecule has 1 aliphatic heterocycles. The normalized spacial score (nSPS) is 19.9. The summed E-state index contributed by atoms with van der Waals surface area (Å²) in [4.78, 5) is 6.30. The van der Waals surface area contributed by atoms with E-state index < -0.39 is 6.17 Å². The molecular formula is C19H22FN4O+. The van der Waals surface area contributed by atoms with E-state index in [4.69, 9.17) is 15.9 Å². The number of alkyl halides is 1. The lowest BCUT2D eigenvalue weighted by Gasteiger charge is -2.16. The van der Waals surface area contributed by atoms with E-state index in [1.807, 2.05) is 35.2 Å². The Kier molecular flexibility index (Phi) is 4.03. The maximum absolute atomic E-state index is 13.5. The van der Waals surface area contributed by atoms with Crippen molar-refractivity contribution in [1.82, 2.24) is 4.98 Å². The summed E-state index contributed by atoms with van der Waals surface area (Å²) < 4.78 is 19.3. The molecule has 0 unspecified atom stereocenters. The van der Waals surface area contributed by atoms with Gasteiger partial charge in [-0.25, -0.2) is 9.37 Å². The molecule has 1 aromatic carbocycles. The van der Waals surface area contributed by atoms with Crippen molar-refractivity contribution in [3.8, 4) is 5.75 Å². The second-order valence-electron chi connectivity index (χ2n) is 6.71. The first kappa shape index (κ1) is 15.9. The predicted octanol–water partition coefficient (Wildman–Crippen LogP) is 1.35. The quantitative estimate of drug-likeness (QED) is 0.636. The van der Waals surface area contributed by atoms with E-state index in [1.54, 1.807) is 6.20 Å². The molecule has 1 saturated carbocycles. The largest absolute Gasteiger partial charge is 0.490 e. The fourth-order valence-corrected chi connectivity index (χ4v) is 3.06. The highest BCUT2D eigenvalue weighted by molar-refractivity contribution is 6.12. The number of halogens is 1. The highest BCUT2D eigenvalue weighted by Gasteiger charge is 2.26. The minimum Gasteiger partial charge on any atom is -0.490 e. The summed E-state index contributed by atoms with van der Waals surface area (Å²) in [5, 5.41) is 6.39. The molecule has 1 aromatic heterocycles. The van der Waals surface area contributed by atoms with Crippen LogP contribution in [0.1, 0.15) is 30.4 Å². The van der Waals surface area contributed by atoms with Crippen molar-refractivity contribution in [3.63, 3.8) is 0 Å². The number of nitrogens with zero attached hydrogens (tertiary/aromatic N) is 2. The van der Waals surface area contributed by atoms with Crippen molar-refractivity contribution in [1.29, 1.82) is 0 Å². The van der Waals surface area contributed by atoms with E-state index in [-0.39, 0.29) is 0 Å². The Hall–Kier alpha value is -2.63. The molecule has 0 bridgehead atoms. The molecule has 0 spiro atoms. The highest BCUT2D eigenvalue weighted by atomic mass is 19.1. The van der Waals surface area contributed by atoms with E-state index in [0.717, 1.165) is 35.5 Å². The van der Waals surface area contributed by atoms with Gasteiger partial charge in [-0.3, -0.25) is 5.41 Å². The number of ether oxygens (including phenoxy) is 1. The molecule has 4 rings (SSSR count). The SMILES string of the molecule is Nc1ccc(OC2CC2)cc1C(=[NH2+])c1ccnc(N2CC[C@@H](F)C2)c1. The Balaban J connectivity index is 1.60. The molecule has 2 fully saturated rings. The summed E-state index contributed by atoms with van der Waals surface area (Å²) in [6.45, 7) is 1.05. The standard InChI is InChI=1S/C19H21FN4O/c20-13-6-8-24(11-13)18-9-12(5-7-23-18)19(22)16-10-15(3-4-17(16)21)25-14-1-2-14/h3-5,7,9-10,13-14,22H,1-2,6,8,11,21H2/p+1/t13-/m1/s1. The summed E-state index contributed by atoms with van der Waals surface area (Å²) in [5.41, 5.74) is 8.86. The zero-order valence-corrected chi connectivity index (χ0v) is 14.0. The highest BCUT2D eigenvalue weighted by Crippen LogP contribution is 2.29. The van der Waals surface area contributed by atoms with Crippen LogP contribution in [0.5, 0.6) is 5.75 Å². The van der Waals surface area contributed by atoms with Crippen LogP contribution in [0.4, 0.5) is 15.9 Å². The van der Waals surface area contributed by atoms with Gasteiger partial charge in [0.05, 0.1) is 23.8 Å². The molecule has 130 valence electrons. The zero-order chi connectivity index (χ0) is 17.4. The molecule has 2 aliphatic rings. The Morgan fingerprint density at radius 2 is 2.08 bits per heavy atom. The third kappa shape index (κ3) is 3.43. The Morgan fingerprint density at radius 1 is 1.24 bits per heavy atom. The van der Waals surface area contributed by atoms with Crippen LogP contribution >= 0.6 is 0 Å². The van der Waals surface area contributed by atoms with Crippen molar-refractivity contribution in [2.24, 2.45) is 0 Å². The second kappa shape index (κ2) is 6.35. The number of anilines is 2. The molecule has 0 radical (unpaired) electrons. The van der Waals surface area contributed by atoms with E-state index in [9.17, 15) is 4.39 Å². The molecule has 1 aliphatic carbocycles. The lowest BCUT2D eigenvalue weighted by Crippen LogP contribution is -2.41. The van der Waals surface area contributed by atoms with E-state index in [2.05, 4.69) is 4.98 Å². The molecular weight excluding hydrogens is 319 g/mol. The van der Waals surface area contributed by atoms with Crippen LogP contribution in [0, 0.1) is 0 Å². The smallest absolute Gasteiger partial charge is 0.213 e. The Labute approximate surface area is 146 Å². The van der Waals surface area contributed by atoms with E-state index in [0.29, 0.717) is 37.0 Å². The lowest BCUT2D eigenvalue weighted by molar-refractivity contribution is -0.111. The summed E-state index contributed by atoms with van der Waals surface area (Å²) in [7, 11) is 0. The molecule has 6 heteroatoms. The van der Waals surface area contributed by atoms with Gasteiger partial charge in [-0.15, -0.1) is 0 Å². The van der Waals surface area contributed by atoms with Crippen molar-refractivity contribution >= 4 is 17.2 Å². The summed E-state index contributed by atoms with van der Waals surface area (Å²) in [6.07, 6.45) is 3.95. The van der Waals surface area contributed by atoms with Crippen LogP contribution in [-0.4, -0.2) is 36.1 Å². The maximum Gasteiger partial charge on any atom is 0.213 e. The minimum atomic E-state index is -0.793. The monoisotopic (exact) mass is 341 g/mol. The van der Waals surface area contributed by atoms with Crippen molar-refractivity contribution in [2.75, 3.05) is 23.7 Å². The fourth-order valence-electron chi connectivity index (χ4n) is 3.06. The summed E-state index contributed by atoms with van der Waals surface area (Å²) in [6, 6.07) is 9.30. The minimum absolute atomic E-state index is 0.314. The van der Waals surface area contributed by atoms with Crippen LogP contribution in [0.15, 0.2) is 36.5 Å². The molecule has 1 atom stereocenters. The van der Waals surface area contributed by atoms with Crippen LogP contribution in [0.3, 0.4) is 0 Å². The zero-order valence-electron chi connectivity index (χ0n) is 14.0. The van der Waals surface area contributed by atoms with Gasteiger partial charge in [-0.1, -0.05) is 0 Å². The first-order valence-corrected chi connectivity index (χ1v) is 8.64. The molecule has 4 N–H and O–H groups in total. The van der Waals surface area contributed by atoms with Gasteiger partial charge in [0.1, 0.15) is 17.7 Å². The molecule has 0 amide bonds. The third-order valence-corrected chi connectivity index (χ3v) is 4.65. The summed E-state index contributed by atoms with van der Waals surface area (Å²) in [5.74, 6) is 1.52. The summed E-state index contributed by atoms with van der Waals surface area (Å²) >= 11 is 0. The van der Waals surface area contributed by atoms with E-state index >= 15 is 0 Å². The predicted molar refractivity (Wildman–Crippen MR) is 95.6 cm³/mol. The van der Waals surface area contributed by atoms with Crippen molar-refractivity contribution < 1.29 is 14.5 Å². The van der Waals surface area contributed by atoms with E-state index in [1.165, 1.54) is 0 Å². The van der Waals surface area contributed by atoms with Gasteiger partial charge in [-0.2, -0.15) is 0 Å². The molecule has 2 heterocycles. The topological polar surface area (TPSA) is 77.0 Å². The first-order valence-electron chi connectivity index (χ1n) is 8.64. The van der Waals surface area contributed by atoms with Crippen molar-refractivity contribution in [2.45, 2.75) is 31.5 Å². The first-order chi connectivity index (χ1) is 12.1. The lowest BCUT2D eigenvalue weighted by atomic mass is 10.0. The fraction of sp³-hybridized carbons (Fsp3) is 0.368. The van der Waals surface area contributed by atoms with Crippen LogP contribution in [-0.2, 0) is 0 Å². The average Bonchev–Trinajstić information content (AvgIpc) is 3.33. The molecule has 25 heavy (non-hydrogen) atoms. The number of benzene rings is 1. The van der Waals surface area contributed by atoms with Gasteiger partial charge in [0.25, 0.3) is 0 Å². The number of aromatic nitrogens is 1. The number of nitrogens with two attached hydrogens (primary N) is 2. The number of hydrogen-bond acceptors (Lipinski definition) is 4. The maximum atomic E-state index is 13.5. The van der Waals surface area contributed by atoms with Crippen LogP contribution in [0.2, 0.25) is 0 Å². The number of hydrogen-bond donors (Lipinski definition) is 2. The van der Waals surface area contributed by atoms with Gasteiger partial charge in [-0.05, 0) is 49.6 Å². The van der Waals surface area contributed by atoms with Gasteiger partial charge in [0, 0.05) is 18.4 Å². The number of rotatable bonds is 5. The Bertz CT molecular complexity index is 806. The average molecular weight is 341 g/mol. The van der Waals surface area contributed by atoms with Gasteiger partial charge >= 0.3 is 0 Å². The van der Waals surface area contributed by atoms with Gasteiger partial charge in [0.2, 0.25) is 5.71 Å². The Morgan fingerprint density at radius 3 is 2.80 bits per heavy atom. The van der Waals surface area contributed by atoms with Crippen LogP contribution in [0.25, 0.3) is 0 Å². The third-order valence-electron chi connectivity index (χ3n) is 4.65. The molecule has 5 nitrogen and oxygen atoms in total. The van der Waals surface area contributed by atoms with Gasteiger partial charge in [0.15, 0.2) is 0 Å². The van der Waals surface area contributed by atoms with Crippen LogP contribution < -0.4 is 20.8 Å². The van der Waals surface area contributed by atoms with Gasteiger partial charge < -0.3 is 15.4 Å². The van der Waals surface area contributed by atoms with Crippen molar-refractivity contribution in [3.05, 3.63) is 47.7 Å². The molecule has 2 aromatic rings. The second-order valence-corrected chi connectivity index (χ2v) is 6.71. The number of nitrogen functional groups attached to an aromatic ring is 1. The number of pyridine rings is 1. The molecule has 1 saturated heterocycles.